The lowest BCUT2D eigenvalue weighted by molar-refractivity contribution is -0.358. The van der Waals surface area contributed by atoms with Crippen molar-refractivity contribution in [3.8, 4) is 0 Å². The largest absolute Gasteiger partial charge is 0.457 e. The summed E-state index contributed by atoms with van der Waals surface area (Å²) in [7, 11) is 0. The molecule has 2 aromatic heterocycles. The number of ether oxygens (including phenoxy) is 10. The molecule has 3 saturated heterocycles. The third-order valence-electron chi connectivity index (χ3n) is 12.8. The average molecular weight is 1080 g/mol. The molecule has 4 aromatic rings. The number of aromatic nitrogens is 6. The number of rotatable bonds is 22. The van der Waals surface area contributed by atoms with E-state index in [1.165, 1.54) is 18.5 Å². The van der Waals surface area contributed by atoms with E-state index >= 15 is 0 Å². The zero-order valence-electron chi connectivity index (χ0n) is 42.0. The molecule has 0 saturated carbocycles. The molecule has 3 fully saturated rings. The standard InChI is InChI=1S/C49H59Cl2N9O15/c1-7-36-39(51)41(67-29(4)61)43(68-30(5)62)48(70-36)75-49(26-50)44(69-31(6)63)28(3)38(74-49)24-60-22-35(55-58-60)25-66-47-42(73-46(65)33-17-12-9-13-18-33)40(72-45(64)32-15-10-8-11-16-32)27(2)37(71-47)23-59-21-34(54-57-59)19-14-20-53-56-52/h8-13,15-18,21-22,27-28,36-44,47-48H,7,14,19-20,23-26H2,1-6H3/t27-,28-,36-,37-,38-,39+,40+,41+,42-,43-,44+,47-,48-,49+/m1/s1. The van der Waals surface area contributed by atoms with Crippen molar-refractivity contribution in [2.75, 3.05) is 12.4 Å². The van der Waals surface area contributed by atoms with Gasteiger partial charge in [-0.2, -0.15) is 0 Å². The predicted octanol–water partition coefficient (Wildman–Crippen LogP) is 5.67. The Labute approximate surface area is 441 Å². The van der Waals surface area contributed by atoms with Gasteiger partial charge in [0.05, 0.1) is 66.9 Å². The zero-order valence-corrected chi connectivity index (χ0v) is 43.5. The summed E-state index contributed by atoms with van der Waals surface area (Å²) in [5.74, 6) is -7.05. The van der Waals surface area contributed by atoms with Gasteiger partial charge < -0.3 is 47.4 Å². The summed E-state index contributed by atoms with van der Waals surface area (Å²) in [6.07, 6.45) is -6.58. The zero-order chi connectivity index (χ0) is 53.8. The van der Waals surface area contributed by atoms with Crippen LogP contribution in [0.2, 0.25) is 0 Å². The lowest BCUT2D eigenvalue weighted by atomic mass is 9.90. The van der Waals surface area contributed by atoms with Crippen LogP contribution in [-0.2, 0) is 87.9 Å². The number of azide groups is 1. The van der Waals surface area contributed by atoms with E-state index < -0.39 is 120 Å². The molecule has 7 rings (SSSR count). The predicted molar refractivity (Wildman–Crippen MR) is 260 cm³/mol. The minimum atomic E-state index is -1.91. The molecule has 75 heavy (non-hydrogen) atoms. The Morgan fingerprint density at radius 3 is 1.85 bits per heavy atom. The SMILES string of the molecule is CC[C@H]1O[C@H](O[C@]2(CCl)O[C@H](Cn3cc(CO[C@@H]4O[C@H](Cn5cc(CCCN=[N+]=[N-])nn5)[C@@H](C)[C@H](OC(=O)c5ccccc5)[C@H]4OC(=O)c4ccccc4)nn3)[C@@H](C)[C@@H]2OC(C)=O)[C@H](OC(C)=O)[C@@H](OC(C)=O)[C@H]1Cl. The van der Waals surface area contributed by atoms with Gasteiger partial charge in [0.2, 0.25) is 12.1 Å². The molecule has 5 heterocycles. The van der Waals surface area contributed by atoms with E-state index in [9.17, 15) is 24.0 Å². The van der Waals surface area contributed by atoms with Crippen LogP contribution in [-0.4, -0.2) is 145 Å². The highest BCUT2D eigenvalue weighted by Gasteiger charge is 2.61. The number of esters is 5. The molecule has 14 atom stereocenters. The van der Waals surface area contributed by atoms with Crippen LogP contribution in [0.5, 0.6) is 0 Å². The van der Waals surface area contributed by atoms with Gasteiger partial charge in [-0.25, -0.2) is 19.0 Å². The second-order valence-electron chi connectivity index (χ2n) is 18.3. The van der Waals surface area contributed by atoms with Crippen LogP contribution in [0.3, 0.4) is 0 Å². The highest BCUT2D eigenvalue weighted by molar-refractivity contribution is 6.21. The quantitative estimate of drug-likeness (QED) is 0.0174. The van der Waals surface area contributed by atoms with Gasteiger partial charge in [-0.3, -0.25) is 14.4 Å². The van der Waals surface area contributed by atoms with Crippen LogP contribution in [0.4, 0.5) is 0 Å². The first-order chi connectivity index (χ1) is 36.0. The fraction of sp³-hybridized carbons (Fsp3) is 0.571. The van der Waals surface area contributed by atoms with Gasteiger partial charge in [0.25, 0.3) is 0 Å². The molecule has 0 aliphatic carbocycles. The Bertz CT molecular complexity index is 2630. The van der Waals surface area contributed by atoms with Crippen molar-refractivity contribution < 1.29 is 71.3 Å². The number of hydrogen-bond donors (Lipinski definition) is 0. The summed E-state index contributed by atoms with van der Waals surface area (Å²) < 4.78 is 64.7. The van der Waals surface area contributed by atoms with Gasteiger partial charge in [0.15, 0.2) is 30.7 Å². The van der Waals surface area contributed by atoms with Crippen LogP contribution in [0.15, 0.2) is 78.2 Å². The molecule has 0 amide bonds. The number of alkyl halides is 2. The lowest BCUT2D eigenvalue weighted by Gasteiger charge is -2.45. The third kappa shape index (κ3) is 14.2. The highest BCUT2D eigenvalue weighted by Crippen LogP contribution is 2.44. The van der Waals surface area contributed by atoms with Crippen LogP contribution in [0.25, 0.3) is 10.4 Å². The number of aryl methyl sites for hydroxylation is 1. The van der Waals surface area contributed by atoms with Crippen molar-refractivity contribution in [3.05, 3.63) is 106 Å². The molecule has 3 aliphatic heterocycles. The molecule has 26 heteroatoms. The van der Waals surface area contributed by atoms with Crippen molar-refractivity contribution in [1.29, 1.82) is 0 Å². The lowest BCUT2D eigenvalue weighted by Crippen LogP contribution is -2.62. The number of benzene rings is 2. The number of hydrogen-bond acceptors (Lipinski definition) is 20. The topological polar surface area (TPSA) is 288 Å². The van der Waals surface area contributed by atoms with Crippen molar-refractivity contribution in [1.82, 2.24) is 30.0 Å². The Morgan fingerprint density at radius 1 is 0.720 bits per heavy atom. The maximum Gasteiger partial charge on any atom is 0.338 e. The third-order valence-corrected chi connectivity index (χ3v) is 13.7. The second kappa shape index (κ2) is 26.0. The van der Waals surface area contributed by atoms with E-state index in [-0.39, 0.29) is 37.4 Å². The van der Waals surface area contributed by atoms with Crippen LogP contribution in [0, 0.1) is 11.8 Å². The first-order valence-electron chi connectivity index (χ1n) is 24.3. The Balaban J connectivity index is 1.13. The van der Waals surface area contributed by atoms with Crippen LogP contribution in [0.1, 0.15) is 86.5 Å². The molecule has 3 aliphatic rings. The fourth-order valence-electron chi connectivity index (χ4n) is 9.12. The maximum atomic E-state index is 13.8. The minimum Gasteiger partial charge on any atom is -0.457 e. The number of nitrogens with zero attached hydrogens (tertiary/aromatic N) is 9. The van der Waals surface area contributed by atoms with Crippen LogP contribution >= 0.6 is 23.2 Å². The molecular formula is C49H59Cl2N9O15. The fourth-order valence-corrected chi connectivity index (χ4v) is 9.83. The average Bonchev–Trinajstić information content (AvgIpc) is 4.11. The van der Waals surface area contributed by atoms with Gasteiger partial charge in [0, 0.05) is 50.3 Å². The summed E-state index contributed by atoms with van der Waals surface area (Å²) in [5.41, 5.74) is 10.1. The van der Waals surface area contributed by atoms with E-state index in [1.807, 2.05) is 0 Å². The summed E-state index contributed by atoms with van der Waals surface area (Å²) in [5, 5.41) is 19.8. The van der Waals surface area contributed by atoms with Gasteiger partial charge in [-0.05, 0) is 49.1 Å². The van der Waals surface area contributed by atoms with Gasteiger partial charge in [-0.15, -0.1) is 33.4 Å². The van der Waals surface area contributed by atoms with E-state index in [0.29, 0.717) is 30.7 Å². The monoisotopic (exact) mass is 1080 g/mol. The van der Waals surface area contributed by atoms with Crippen molar-refractivity contribution in [2.45, 2.75) is 153 Å². The van der Waals surface area contributed by atoms with Crippen LogP contribution < -0.4 is 0 Å². The molecule has 2 aromatic carbocycles. The molecule has 24 nitrogen and oxygen atoms in total. The Hall–Kier alpha value is -6.24. The molecule has 404 valence electrons. The summed E-state index contributed by atoms with van der Waals surface area (Å²) in [6, 6.07) is 16.7. The summed E-state index contributed by atoms with van der Waals surface area (Å²) in [6.45, 7) is 9.08. The Morgan fingerprint density at radius 2 is 1.27 bits per heavy atom. The molecular weight excluding hydrogens is 1030 g/mol. The molecule has 0 unspecified atom stereocenters. The van der Waals surface area contributed by atoms with Crippen molar-refractivity contribution >= 4 is 53.0 Å². The summed E-state index contributed by atoms with van der Waals surface area (Å²) >= 11 is 13.4. The van der Waals surface area contributed by atoms with Gasteiger partial charge >= 0.3 is 29.8 Å². The first-order valence-corrected chi connectivity index (χ1v) is 25.3. The van der Waals surface area contributed by atoms with E-state index in [0.717, 1.165) is 6.92 Å². The van der Waals surface area contributed by atoms with Gasteiger partial charge in [0.1, 0.15) is 17.2 Å². The normalized spacial score (nSPS) is 29.4. The van der Waals surface area contributed by atoms with E-state index in [4.69, 9.17) is 76.1 Å². The molecule has 0 radical (unpaired) electrons. The molecule has 0 N–H and O–H groups in total. The smallest absolute Gasteiger partial charge is 0.338 e. The molecule has 0 bridgehead atoms. The van der Waals surface area contributed by atoms with Crippen molar-refractivity contribution in [2.24, 2.45) is 17.0 Å². The first kappa shape index (κ1) is 56.5. The van der Waals surface area contributed by atoms with E-state index in [2.05, 4.69) is 30.7 Å². The maximum absolute atomic E-state index is 13.8. The minimum absolute atomic E-state index is 0.00398. The Kier molecular flexibility index (Phi) is 19.6. The molecule has 0 spiro atoms. The number of carbonyl (C=O) groups excluding carboxylic acids is 5. The van der Waals surface area contributed by atoms with Crippen molar-refractivity contribution in [3.63, 3.8) is 0 Å². The summed E-state index contributed by atoms with van der Waals surface area (Å²) in [4.78, 5) is 67.7. The second-order valence-corrected chi connectivity index (χ2v) is 19.0. The van der Waals surface area contributed by atoms with Gasteiger partial charge in [-0.1, -0.05) is 72.7 Å². The number of halogens is 2. The highest BCUT2D eigenvalue weighted by atomic mass is 35.5. The van der Waals surface area contributed by atoms with E-state index in [1.54, 1.807) is 98.5 Å². The number of carbonyl (C=O) groups is 5.